The number of ether oxygens (including phenoxy) is 2. The minimum absolute atomic E-state index is 0.0234. The number of esters is 2. The van der Waals surface area contributed by atoms with Crippen molar-refractivity contribution in [2.75, 3.05) is 5.75 Å². The molecule has 34 heavy (non-hydrogen) atoms. The molecule has 0 aromatic heterocycles. The number of hydrogen-bond acceptors (Lipinski definition) is 6. The standard InChI is InChI=1S/C20H16B3BrF2O7S/c21-6-10-3-11(7-22)17(12(4-10)8-23)33-19(27)14-2-1-13(24)5-15(14)20(28)32-16(18(25)26)9-34(29,30)31/h1-5,16,18H,6-9H2,(H,29,30,31). The van der Waals surface area contributed by atoms with Crippen LogP contribution in [-0.2, 0) is 33.8 Å². The Labute approximate surface area is 207 Å². The quantitative estimate of drug-likeness (QED) is 0.209. The molecule has 0 fully saturated rings. The molecule has 2 aromatic rings. The van der Waals surface area contributed by atoms with Crippen LogP contribution in [0.15, 0.2) is 34.8 Å². The predicted octanol–water partition coefficient (Wildman–Crippen LogP) is 2.35. The van der Waals surface area contributed by atoms with Crippen molar-refractivity contribution in [3.63, 3.8) is 0 Å². The number of carbonyl (C=O) groups is 2. The first-order chi connectivity index (χ1) is 15.9. The van der Waals surface area contributed by atoms with E-state index in [-0.39, 0.29) is 34.7 Å². The largest absolute Gasteiger partial charge is 0.451 e. The third kappa shape index (κ3) is 7.41. The smallest absolute Gasteiger partial charge is 0.344 e. The highest BCUT2D eigenvalue weighted by molar-refractivity contribution is 9.10. The molecule has 1 N–H and O–H groups in total. The zero-order chi connectivity index (χ0) is 25.6. The summed E-state index contributed by atoms with van der Waals surface area (Å²) in [5.41, 5.74) is 0.697. The molecule has 6 radical (unpaired) electrons. The van der Waals surface area contributed by atoms with Gasteiger partial charge in [0.15, 0.2) is 6.10 Å². The third-order valence-corrected chi connectivity index (χ3v) is 5.75. The fourth-order valence-corrected chi connectivity index (χ4v) is 3.95. The summed E-state index contributed by atoms with van der Waals surface area (Å²) in [7, 11) is 12.3. The fraction of sp³-hybridized carbons (Fsp3) is 0.300. The van der Waals surface area contributed by atoms with Gasteiger partial charge in [0.05, 0.1) is 34.7 Å². The number of rotatable bonds is 10. The highest BCUT2D eigenvalue weighted by atomic mass is 79.9. The summed E-state index contributed by atoms with van der Waals surface area (Å²) < 4.78 is 67.5. The van der Waals surface area contributed by atoms with Crippen LogP contribution in [0.3, 0.4) is 0 Å². The first-order valence-corrected chi connectivity index (χ1v) is 12.0. The van der Waals surface area contributed by atoms with Crippen LogP contribution in [0.2, 0.25) is 0 Å². The van der Waals surface area contributed by atoms with Crippen molar-refractivity contribution < 1.29 is 40.8 Å². The van der Waals surface area contributed by atoms with Crippen LogP contribution in [0.4, 0.5) is 8.78 Å². The van der Waals surface area contributed by atoms with Gasteiger partial charge in [-0.2, -0.15) is 8.42 Å². The Morgan fingerprint density at radius 2 is 1.56 bits per heavy atom. The van der Waals surface area contributed by atoms with E-state index in [1.54, 1.807) is 12.1 Å². The molecule has 1 atom stereocenters. The molecule has 0 aliphatic heterocycles. The lowest BCUT2D eigenvalue weighted by Crippen LogP contribution is -2.33. The molecule has 2 rings (SSSR count). The molecule has 0 aliphatic rings. The summed E-state index contributed by atoms with van der Waals surface area (Å²) in [5.74, 6) is -3.95. The molecule has 0 spiro atoms. The Morgan fingerprint density at radius 1 is 0.971 bits per heavy atom. The average molecular weight is 551 g/mol. The Hall–Kier alpha value is -2.18. The van der Waals surface area contributed by atoms with Gasteiger partial charge in [-0.1, -0.05) is 52.6 Å². The van der Waals surface area contributed by atoms with Crippen LogP contribution in [0.5, 0.6) is 5.75 Å². The topological polar surface area (TPSA) is 107 Å². The molecule has 0 bridgehead atoms. The fourth-order valence-electron chi connectivity index (χ4n) is 2.96. The molecular weight excluding hydrogens is 535 g/mol. The molecule has 14 heteroatoms. The molecule has 1 unspecified atom stereocenters. The monoisotopic (exact) mass is 550 g/mol. The van der Waals surface area contributed by atoms with E-state index in [0.717, 1.165) is 6.07 Å². The molecule has 0 heterocycles. The van der Waals surface area contributed by atoms with Gasteiger partial charge in [-0.3, -0.25) is 4.55 Å². The summed E-state index contributed by atoms with van der Waals surface area (Å²) in [4.78, 5) is 25.5. The molecule has 0 saturated heterocycles. The summed E-state index contributed by atoms with van der Waals surface area (Å²) in [5, 5.41) is 0. The van der Waals surface area contributed by atoms with Crippen LogP contribution in [0.1, 0.15) is 37.4 Å². The van der Waals surface area contributed by atoms with E-state index in [4.69, 9.17) is 32.8 Å². The second-order valence-corrected chi connectivity index (χ2v) is 9.37. The zero-order valence-electron chi connectivity index (χ0n) is 17.5. The predicted molar refractivity (Wildman–Crippen MR) is 126 cm³/mol. The van der Waals surface area contributed by atoms with Crippen molar-refractivity contribution in [2.24, 2.45) is 0 Å². The van der Waals surface area contributed by atoms with E-state index in [1.807, 2.05) is 0 Å². The lowest BCUT2D eigenvalue weighted by Gasteiger charge is -2.18. The maximum absolute atomic E-state index is 13.2. The lowest BCUT2D eigenvalue weighted by molar-refractivity contribution is -0.0242. The first kappa shape index (κ1) is 28.1. The Morgan fingerprint density at radius 3 is 2.03 bits per heavy atom. The SMILES string of the molecule is [B]Cc1cc(C[B])c(OC(=O)c2ccc(Br)cc2C(=O)OC(CS(=O)(=O)O)C(F)F)c(C[B])c1. The van der Waals surface area contributed by atoms with Gasteiger partial charge >= 0.3 is 11.9 Å². The normalized spacial score (nSPS) is 12.4. The number of halogens is 3. The van der Waals surface area contributed by atoms with Crippen LogP contribution in [0, 0.1) is 0 Å². The molecule has 7 nitrogen and oxygen atoms in total. The van der Waals surface area contributed by atoms with Crippen LogP contribution >= 0.6 is 15.9 Å². The number of carbonyl (C=O) groups excluding carboxylic acids is 2. The van der Waals surface area contributed by atoms with Crippen LogP contribution in [-0.4, -0.2) is 66.7 Å². The summed E-state index contributed by atoms with van der Waals surface area (Å²) in [6.07, 6.45) is -5.75. The number of hydrogen-bond donors (Lipinski definition) is 1. The van der Waals surface area contributed by atoms with Gasteiger partial charge in [0, 0.05) is 4.47 Å². The highest BCUT2D eigenvalue weighted by Crippen LogP contribution is 2.29. The van der Waals surface area contributed by atoms with Gasteiger partial charge in [0.1, 0.15) is 11.5 Å². The van der Waals surface area contributed by atoms with Crippen molar-refractivity contribution in [3.8, 4) is 5.75 Å². The van der Waals surface area contributed by atoms with E-state index in [9.17, 15) is 26.8 Å². The second-order valence-electron chi connectivity index (χ2n) is 6.96. The number of alkyl halides is 2. The van der Waals surface area contributed by atoms with Gasteiger partial charge in [0.25, 0.3) is 16.5 Å². The van der Waals surface area contributed by atoms with Gasteiger partial charge in [-0.25, -0.2) is 18.4 Å². The van der Waals surface area contributed by atoms with Crippen molar-refractivity contribution in [1.82, 2.24) is 0 Å². The van der Waals surface area contributed by atoms with E-state index >= 15 is 0 Å². The summed E-state index contributed by atoms with van der Waals surface area (Å²) >= 11 is 3.10. The maximum atomic E-state index is 13.2. The zero-order valence-corrected chi connectivity index (χ0v) is 19.9. The van der Waals surface area contributed by atoms with Gasteiger partial charge < -0.3 is 9.47 Å². The van der Waals surface area contributed by atoms with Crippen molar-refractivity contribution in [3.05, 3.63) is 62.6 Å². The molecule has 0 aliphatic carbocycles. The van der Waals surface area contributed by atoms with E-state index in [2.05, 4.69) is 20.7 Å². The minimum atomic E-state index is -4.88. The molecule has 0 amide bonds. The third-order valence-electron chi connectivity index (χ3n) is 4.51. The second kappa shape index (κ2) is 12.0. The van der Waals surface area contributed by atoms with Crippen LogP contribution in [0.25, 0.3) is 0 Å². The molecule has 2 aromatic carbocycles. The molecule has 0 saturated carbocycles. The molecular formula is C20H16B3BrF2O7S. The van der Waals surface area contributed by atoms with Gasteiger partial charge in [-0.15, -0.1) is 0 Å². The Balaban J connectivity index is 2.43. The summed E-state index contributed by atoms with van der Waals surface area (Å²) in [6, 6.07) is 6.94. The van der Waals surface area contributed by atoms with Crippen LogP contribution < -0.4 is 4.74 Å². The Kier molecular flexibility index (Phi) is 9.90. The van der Waals surface area contributed by atoms with Gasteiger partial charge in [-0.05, 0) is 29.3 Å². The lowest BCUT2D eigenvalue weighted by atomic mass is 9.85. The van der Waals surface area contributed by atoms with Crippen molar-refractivity contribution in [2.45, 2.75) is 31.5 Å². The van der Waals surface area contributed by atoms with E-state index in [0.29, 0.717) is 16.7 Å². The van der Waals surface area contributed by atoms with E-state index in [1.165, 1.54) is 12.1 Å². The Bertz CT molecular complexity index is 1150. The van der Waals surface area contributed by atoms with Gasteiger partial charge in [0.2, 0.25) is 0 Å². The summed E-state index contributed by atoms with van der Waals surface area (Å²) in [6.45, 7) is 0. The maximum Gasteiger partial charge on any atom is 0.344 e. The molecule has 174 valence electrons. The first-order valence-electron chi connectivity index (χ1n) is 9.61. The minimum Gasteiger partial charge on any atom is -0.451 e. The number of benzene rings is 2. The van der Waals surface area contributed by atoms with Crippen molar-refractivity contribution >= 4 is 61.5 Å². The van der Waals surface area contributed by atoms with Crippen molar-refractivity contribution in [1.29, 1.82) is 0 Å². The average Bonchev–Trinajstić information content (AvgIpc) is 2.77. The van der Waals surface area contributed by atoms with E-state index < -0.39 is 45.9 Å². The highest BCUT2D eigenvalue weighted by Gasteiger charge is 2.32.